The molecule has 2 heterocycles. The van der Waals surface area contributed by atoms with Gasteiger partial charge in [-0.3, -0.25) is 9.36 Å². The third-order valence-corrected chi connectivity index (χ3v) is 4.83. The average molecular weight is 377 g/mol. The molecule has 0 saturated heterocycles. The highest BCUT2D eigenvalue weighted by Crippen LogP contribution is 2.32. The molecule has 7 heteroatoms. The van der Waals surface area contributed by atoms with Crippen molar-refractivity contribution in [2.45, 2.75) is 40.0 Å². The second-order valence-corrected chi connectivity index (χ2v) is 7.22. The van der Waals surface area contributed by atoms with Crippen LogP contribution in [0.3, 0.4) is 0 Å². The van der Waals surface area contributed by atoms with Crippen LogP contribution in [0.1, 0.15) is 36.5 Å². The second-order valence-electron chi connectivity index (χ2n) is 7.22. The van der Waals surface area contributed by atoms with Crippen molar-refractivity contribution in [2.75, 3.05) is 5.32 Å². The van der Waals surface area contributed by atoms with E-state index in [9.17, 15) is 4.79 Å². The molecule has 3 aromatic rings. The fraction of sp³-hybridized carbons (Fsp3) is 0.333. The van der Waals surface area contributed by atoms with Gasteiger partial charge in [0.05, 0.1) is 5.69 Å². The van der Waals surface area contributed by atoms with Gasteiger partial charge in [-0.15, -0.1) is 0 Å². The maximum atomic E-state index is 11.9. The van der Waals surface area contributed by atoms with Gasteiger partial charge < -0.3 is 10.1 Å². The fourth-order valence-corrected chi connectivity index (χ4v) is 2.95. The summed E-state index contributed by atoms with van der Waals surface area (Å²) in [5, 5.41) is 2.92. The summed E-state index contributed by atoms with van der Waals surface area (Å²) in [5.74, 6) is 3.06. The van der Waals surface area contributed by atoms with Gasteiger partial charge in [0.1, 0.15) is 23.7 Å². The number of benzene rings is 1. The highest BCUT2D eigenvalue weighted by molar-refractivity contribution is 5.91. The predicted molar refractivity (Wildman–Crippen MR) is 106 cm³/mol. The highest BCUT2D eigenvalue weighted by Gasteiger charge is 2.24. The molecule has 1 saturated carbocycles. The van der Waals surface area contributed by atoms with Crippen molar-refractivity contribution in [3.63, 3.8) is 0 Å². The molecule has 1 aliphatic carbocycles. The van der Waals surface area contributed by atoms with E-state index in [2.05, 4.69) is 20.3 Å². The summed E-state index contributed by atoms with van der Waals surface area (Å²) < 4.78 is 7.82. The topological polar surface area (TPSA) is 81.9 Å². The first-order chi connectivity index (χ1) is 13.5. The number of aryl methyl sites for hydroxylation is 2. The van der Waals surface area contributed by atoms with Gasteiger partial charge in [0, 0.05) is 23.9 Å². The largest absolute Gasteiger partial charge is 0.439 e. The Bertz CT molecular complexity index is 1010. The van der Waals surface area contributed by atoms with Gasteiger partial charge in [0.15, 0.2) is 0 Å². The number of nitrogens with one attached hydrogen (secondary N) is 1. The number of aromatic nitrogens is 4. The fourth-order valence-electron chi connectivity index (χ4n) is 2.95. The number of carbonyl (C=O) groups is 1. The summed E-state index contributed by atoms with van der Waals surface area (Å²) in [5.41, 5.74) is 2.75. The van der Waals surface area contributed by atoms with Gasteiger partial charge in [0.25, 0.3) is 0 Å². The van der Waals surface area contributed by atoms with Crippen molar-refractivity contribution < 1.29 is 9.53 Å². The third-order valence-electron chi connectivity index (χ3n) is 4.83. The minimum absolute atomic E-state index is 0.0678. The maximum absolute atomic E-state index is 11.9. The predicted octanol–water partition coefficient (Wildman–Crippen LogP) is 4.12. The van der Waals surface area contributed by atoms with Gasteiger partial charge in [-0.05, 0) is 63.8 Å². The zero-order valence-electron chi connectivity index (χ0n) is 16.3. The molecule has 0 bridgehead atoms. The Balaban J connectivity index is 1.47. The Labute approximate surface area is 163 Å². The van der Waals surface area contributed by atoms with Gasteiger partial charge in [-0.1, -0.05) is 0 Å². The van der Waals surface area contributed by atoms with Crippen molar-refractivity contribution in [3.8, 4) is 17.4 Å². The van der Waals surface area contributed by atoms with Gasteiger partial charge in [0.2, 0.25) is 11.8 Å². The molecular formula is C21H23N5O2. The van der Waals surface area contributed by atoms with Crippen LogP contribution in [0.15, 0.2) is 36.7 Å². The number of ether oxygens (including phenoxy) is 1. The minimum Gasteiger partial charge on any atom is -0.439 e. The Hall–Kier alpha value is -3.22. The zero-order chi connectivity index (χ0) is 19.7. The lowest BCUT2D eigenvalue weighted by Gasteiger charge is -2.10. The summed E-state index contributed by atoms with van der Waals surface area (Å²) in [6, 6.07) is 9.08. The van der Waals surface area contributed by atoms with Crippen LogP contribution < -0.4 is 10.1 Å². The van der Waals surface area contributed by atoms with E-state index >= 15 is 0 Å². The van der Waals surface area contributed by atoms with E-state index in [-0.39, 0.29) is 5.91 Å². The van der Waals surface area contributed by atoms with E-state index in [1.165, 1.54) is 12.8 Å². The van der Waals surface area contributed by atoms with E-state index in [0.717, 1.165) is 17.1 Å². The minimum atomic E-state index is 0.0678. The highest BCUT2D eigenvalue weighted by atomic mass is 16.5. The molecule has 28 heavy (non-hydrogen) atoms. The van der Waals surface area contributed by atoms with E-state index in [0.29, 0.717) is 35.6 Å². The molecule has 2 aromatic heterocycles. The normalized spacial score (nSPS) is 13.4. The van der Waals surface area contributed by atoms with Crippen LogP contribution in [0.2, 0.25) is 0 Å². The number of nitrogens with zero attached hydrogens (tertiary/aromatic N) is 4. The number of hydrogen-bond donors (Lipinski definition) is 1. The van der Waals surface area contributed by atoms with Crippen LogP contribution in [0, 0.1) is 26.7 Å². The molecule has 1 aliphatic rings. The molecule has 0 unspecified atom stereocenters. The van der Waals surface area contributed by atoms with E-state index < -0.39 is 0 Å². The molecule has 4 rings (SSSR count). The standard InChI is InChI=1S/C21H23N5O2/c1-13-14(2)26(12-22-13)19-11-21(24-15(3)23-19)28-18-8-6-17(7-9-18)25-20(27)10-16-4-5-16/h6-9,11-12,16H,4-5,10H2,1-3H3,(H,25,27). The Morgan fingerprint density at radius 2 is 1.93 bits per heavy atom. The first-order valence-corrected chi connectivity index (χ1v) is 9.42. The lowest BCUT2D eigenvalue weighted by molar-refractivity contribution is -0.116. The molecule has 1 amide bonds. The molecular weight excluding hydrogens is 354 g/mol. The van der Waals surface area contributed by atoms with Crippen LogP contribution >= 0.6 is 0 Å². The summed E-state index contributed by atoms with van der Waals surface area (Å²) in [6.07, 6.45) is 4.68. The Morgan fingerprint density at radius 3 is 2.57 bits per heavy atom. The van der Waals surface area contributed by atoms with E-state index in [1.54, 1.807) is 12.4 Å². The molecule has 0 radical (unpaired) electrons. The Morgan fingerprint density at radius 1 is 1.18 bits per heavy atom. The van der Waals surface area contributed by atoms with Crippen LogP contribution in [-0.4, -0.2) is 25.4 Å². The molecule has 1 N–H and O–H groups in total. The first kappa shape index (κ1) is 18.2. The number of rotatable bonds is 6. The molecule has 144 valence electrons. The maximum Gasteiger partial charge on any atom is 0.224 e. The van der Waals surface area contributed by atoms with Crippen LogP contribution in [0.25, 0.3) is 5.82 Å². The smallest absolute Gasteiger partial charge is 0.224 e. The summed E-state index contributed by atoms with van der Waals surface area (Å²) in [6.45, 7) is 5.78. The number of imidazole rings is 1. The lowest BCUT2D eigenvalue weighted by Crippen LogP contribution is -2.11. The van der Waals surface area contributed by atoms with Gasteiger partial charge >= 0.3 is 0 Å². The lowest BCUT2D eigenvalue weighted by atomic mass is 10.2. The molecule has 1 aromatic carbocycles. The monoisotopic (exact) mass is 377 g/mol. The Kier molecular flexibility index (Phi) is 4.81. The molecule has 0 spiro atoms. The molecule has 0 aliphatic heterocycles. The van der Waals surface area contributed by atoms with Crippen molar-refractivity contribution in [3.05, 3.63) is 53.9 Å². The van der Waals surface area contributed by atoms with Gasteiger partial charge in [-0.2, -0.15) is 4.98 Å². The van der Waals surface area contributed by atoms with Gasteiger partial charge in [-0.25, -0.2) is 9.97 Å². The number of carbonyl (C=O) groups excluding carboxylic acids is 1. The molecule has 1 fully saturated rings. The first-order valence-electron chi connectivity index (χ1n) is 9.42. The van der Waals surface area contributed by atoms with Crippen molar-refractivity contribution in [2.24, 2.45) is 5.92 Å². The molecule has 0 atom stereocenters. The number of anilines is 1. The number of amides is 1. The van der Waals surface area contributed by atoms with E-state index in [1.807, 2.05) is 49.6 Å². The zero-order valence-corrected chi connectivity index (χ0v) is 16.3. The van der Waals surface area contributed by atoms with Crippen LogP contribution in [-0.2, 0) is 4.79 Å². The van der Waals surface area contributed by atoms with Crippen molar-refractivity contribution >= 4 is 11.6 Å². The quantitative estimate of drug-likeness (QED) is 0.699. The van der Waals surface area contributed by atoms with Crippen LogP contribution in [0.4, 0.5) is 5.69 Å². The third kappa shape index (κ3) is 4.19. The molecule has 7 nitrogen and oxygen atoms in total. The summed E-state index contributed by atoms with van der Waals surface area (Å²) in [7, 11) is 0. The van der Waals surface area contributed by atoms with E-state index in [4.69, 9.17) is 4.74 Å². The second kappa shape index (κ2) is 7.42. The summed E-state index contributed by atoms with van der Waals surface area (Å²) >= 11 is 0. The van der Waals surface area contributed by atoms with Crippen LogP contribution in [0.5, 0.6) is 11.6 Å². The number of hydrogen-bond acceptors (Lipinski definition) is 5. The van der Waals surface area contributed by atoms with Crippen molar-refractivity contribution in [1.29, 1.82) is 0 Å². The SMILES string of the molecule is Cc1nc(Oc2ccc(NC(=O)CC3CC3)cc2)cc(-n2cnc(C)c2C)n1. The summed E-state index contributed by atoms with van der Waals surface area (Å²) in [4.78, 5) is 25.1. The van der Waals surface area contributed by atoms with Crippen molar-refractivity contribution in [1.82, 2.24) is 19.5 Å². The average Bonchev–Trinajstić information content (AvgIpc) is 3.40.